The quantitative estimate of drug-likeness (QED) is 0.0608. The van der Waals surface area contributed by atoms with Crippen LogP contribution in [-0.4, -0.2) is 81.0 Å². The molecule has 2 unspecified atom stereocenters. The largest absolute Gasteiger partial charge is 0.278 e. The molecular weight excluding hydrogens is 1420 g/mol. The van der Waals surface area contributed by atoms with E-state index in [0.29, 0.717) is 109 Å². The highest BCUT2D eigenvalue weighted by molar-refractivity contribution is 6.30. The summed E-state index contributed by atoms with van der Waals surface area (Å²) in [5.74, 6) is -6.76. The van der Waals surface area contributed by atoms with Crippen molar-refractivity contribution in [3.63, 3.8) is 0 Å². The molecule has 0 aliphatic carbocycles. The third-order valence-corrected chi connectivity index (χ3v) is 17.9. The second-order valence-electron chi connectivity index (χ2n) is 24.9. The fourth-order valence-electron chi connectivity index (χ4n) is 13.2. The van der Waals surface area contributed by atoms with E-state index in [1.54, 1.807) is 0 Å². The van der Waals surface area contributed by atoms with E-state index in [1.165, 1.54) is 34.1 Å². The minimum atomic E-state index is -1.63. The molecule has 0 radical (unpaired) electrons. The van der Waals surface area contributed by atoms with Crippen LogP contribution in [0.1, 0.15) is 149 Å². The summed E-state index contributed by atoms with van der Waals surface area (Å²) in [6.07, 6.45) is 8.39. The molecule has 2 fully saturated rings. The van der Waals surface area contributed by atoms with Crippen molar-refractivity contribution in [2.24, 2.45) is 0 Å². The lowest BCUT2D eigenvalue weighted by Gasteiger charge is -2.35. The average Bonchev–Trinajstić information content (AvgIpc) is 1.63. The zero-order valence-corrected chi connectivity index (χ0v) is 64.5. The Morgan fingerprint density at radius 3 is 0.702 bits per heavy atom. The Bertz CT molecular complexity index is 6100. The monoisotopic (exact) mass is 1490 g/mol. The van der Waals surface area contributed by atoms with Gasteiger partial charge in [0, 0.05) is 130 Å². The Morgan fingerprint density at radius 1 is 0.316 bits per heavy atom. The highest BCUT2D eigenvalue weighted by Gasteiger charge is 2.51. The second-order valence-corrected chi connectivity index (χ2v) is 24.9. The molecule has 8 rings (SSSR count). The number of amides is 10. The molecule has 4 heterocycles. The van der Waals surface area contributed by atoms with Crippen molar-refractivity contribution in [1.82, 2.24) is 9.80 Å². The highest BCUT2D eigenvalue weighted by atomic mass is 16.2. The Balaban J connectivity index is 1.20. The molecule has 114 heavy (non-hydrogen) atoms. The van der Waals surface area contributed by atoms with E-state index < -0.39 is 89.8 Å². The van der Waals surface area contributed by atoms with E-state index >= 15 is 9.59 Å². The minimum absolute atomic E-state index is 0.338. The van der Waals surface area contributed by atoms with Gasteiger partial charge in [-0.3, -0.25) is 57.7 Å². The van der Waals surface area contributed by atoms with Crippen molar-refractivity contribution in [1.29, 1.82) is 0 Å². The fraction of sp³-hybridized carbons (Fsp3) is 0.245. The maximum absolute atomic E-state index is 15.5. The lowest BCUT2D eigenvalue weighted by atomic mass is 9.92. The van der Waals surface area contributed by atoms with E-state index in [4.69, 9.17) is 0 Å². The van der Waals surface area contributed by atoms with Gasteiger partial charge < -0.3 is 0 Å². The van der Waals surface area contributed by atoms with Crippen molar-refractivity contribution >= 4 is 81.8 Å². The molecule has 4 aromatic rings. The van der Waals surface area contributed by atoms with E-state index in [-0.39, 0.29) is 0 Å². The van der Waals surface area contributed by atoms with Gasteiger partial charge >= 0.3 is 0 Å². The number of rotatable bonds is 20. The number of nitrogens with zero attached hydrogens (tertiary/aromatic N) is 6. The molecule has 4 aliphatic rings. The van der Waals surface area contributed by atoms with Crippen LogP contribution in [-0.2, 0) is 112 Å². The topological polar surface area (TPSA) is 190 Å². The van der Waals surface area contributed by atoms with Gasteiger partial charge in [0.05, 0.1) is 35.6 Å². The predicted molar refractivity (Wildman–Crippen MR) is 425 cm³/mol. The average molecular weight is 1490 g/mol. The molecule has 10 amide bonds. The fourth-order valence-corrected chi connectivity index (χ4v) is 13.2. The van der Waals surface area contributed by atoms with Crippen LogP contribution in [0.5, 0.6) is 0 Å². The van der Waals surface area contributed by atoms with Crippen molar-refractivity contribution in [3.8, 4) is 0 Å². The lowest BCUT2D eigenvalue weighted by molar-refractivity contribution is -0.141. The van der Waals surface area contributed by atoms with E-state index in [9.17, 15) is 38.4 Å². The smallest absolute Gasteiger partial charge is 0.258 e. The Morgan fingerprint density at radius 2 is 0.509 bits per heavy atom. The summed E-state index contributed by atoms with van der Waals surface area (Å²) in [6.45, 7) is 21.0. The molecule has 0 bridgehead atoms. The Hall–Kier alpha value is -15.9. The SMILES string of the molecule is C=C=C=C=C=C=C=C=C=C=C=C=C=C=C=C=C=C=C=C=C=C=C=C=C=C=C=C=C=C=C=C=C=C=C=C(N(C(C)=O)C1CC(=O)N(c2c(CC)cc(Cc3cc(CC)c(N4C(=O)C=CC4=O)c(CC)c3)cc2CC)C1=O)N(C(C)=O)C1CC(=O)N(c2c(CC)cc(Cc3cc(CC)c(N4C(=O)C=CC4=O)c(CC)c3)cc2CC)C1=O. The lowest BCUT2D eigenvalue weighted by Crippen LogP contribution is -2.53. The number of benzene rings is 4. The molecule has 4 aliphatic heterocycles. The van der Waals surface area contributed by atoms with Gasteiger partial charge in [-0.25, -0.2) is 19.6 Å². The van der Waals surface area contributed by atoms with Crippen molar-refractivity contribution in [3.05, 3.63) is 347 Å². The van der Waals surface area contributed by atoms with Crippen molar-refractivity contribution in [2.45, 2.75) is 158 Å². The molecule has 0 spiro atoms. The van der Waals surface area contributed by atoms with Crippen LogP contribution in [0.25, 0.3) is 0 Å². The van der Waals surface area contributed by atoms with Crippen molar-refractivity contribution in [2.75, 3.05) is 19.6 Å². The van der Waals surface area contributed by atoms with Gasteiger partial charge in [0.1, 0.15) is 12.1 Å². The number of aryl methyl sites for hydroxylation is 8. The summed E-state index contributed by atoms with van der Waals surface area (Å²) in [7, 11) is 0. The number of carbonyl (C=O) groups excluding carboxylic acids is 10. The zero-order chi connectivity index (χ0) is 82.2. The summed E-state index contributed by atoms with van der Waals surface area (Å²) >= 11 is 0. The van der Waals surface area contributed by atoms with Crippen LogP contribution in [0.3, 0.4) is 0 Å². The van der Waals surface area contributed by atoms with Gasteiger partial charge in [-0.2, -0.15) is 0 Å². The standard InChI is InChI=1S/C98H70N6O10/c1-12-21-22-23-24-25-26-27-28-29-30-31-32-33-34-35-36-37-38-39-40-41-42-43-44-45-46-47-48-49-50-51-52-53-86(99(70(10)105)84-68-91(111)103(97(84)113)95-80(17-6)64-74(65-81(95)18-7)58-72-60-76(13-2)93(77(14-3)61-72)101-87(107)54-55-88(101)108)100(71(11)106)85-69-92(112)104(98(85)114)96-82(19-8)66-75(67-83(96)20-9)59-73-62-78(15-4)94(79(16-5)63-73)102-89(109)56-57-90(102)110/h54-57,60-67,84-85H,1,13-20,58-59,68-69H2,2-11H3. The zero-order valence-electron chi connectivity index (χ0n) is 64.5. The van der Waals surface area contributed by atoms with Gasteiger partial charge in [0.2, 0.25) is 23.6 Å². The molecule has 0 aromatic heterocycles. The normalized spacial score (nSPS) is 13.2. The summed E-state index contributed by atoms with van der Waals surface area (Å²) in [5, 5.41) is 0. The molecule has 16 heteroatoms. The molecule has 2 atom stereocenters. The maximum atomic E-state index is 15.5. The minimum Gasteiger partial charge on any atom is -0.278 e. The first-order valence-electron chi connectivity index (χ1n) is 36.4. The number of carbonyl (C=O) groups is 10. The van der Waals surface area contributed by atoms with Crippen LogP contribution < -0.4 is 19.6 Å². The molecule has 552 valence electrons. The van der Waals surface area contributed by atoms with Gasteiger partial charge in [0.15, 0.2) is 5.82 Å². The predicted octanol–water partition coefficient (Wildman–Crippen LogP) is 13.6. The number of anilines is 4. The Labute approximate surface area is 660 Å². The summed E-state index contributed by atoms with van der Waals surface area (Å²) in [4.78, 5) is 148. The van der Waals surface area contributed by atoms with E-state index in [0.717, 1.165) is 78.0 Å². The van der Waals surface area contributed by atoms with Crippen LogP contribution in [0.15, 0.2) is 280 Å². The van der Waals surface area contributed by atoms with Crippen LogP contribution in [0, 0.1) is 0 Å². The summed E-state index contributed by atoms with van der Waals surface area (Å²) in [6, 6.07) is 12.4. The van der Waals surface area contributed by atoms with E-state index in [2.05, 4.69) is 201 Å². The third kappa shape index (κ3) is 20.7. The first-order valence-corrected chi connectivity index (χ1v) is 36.4. The summed E-state index contributed by atoms with van der Waals surface area (Å²) < 4.78 is 0. The maximum Gasteiger partial charge on any atom is 0.258 e. The molecule has 16 nitrogen and oxygen atoms in total. The molecule has 2 saturated heterocycles. The van der Waals surface area contributed by atoms with Crippen LogP contribution in [0.2, 0.25) is 0 Å². The number of hydrogen-bond acceptors (Lipinski definition) is 10. The van der Waals surface area contributed by atoms with Gasteiger partial charge in [-0.1, -0.05) is 110 Å². The van der Waals surface area contributed by atoms with Gasteiger partial charge in [0.25, 0.3) is 35.4 Å². The third-order valence-electron chi connectivity index (χ3n) is 17.9. The van der Waals surface area contributed by atoms with Gasteiger partial charge in [-0.15, -0.1) is 0 Å². The molecule has 0 saturated carbocycles. The Kier molecular flexibility index (Phi) is 30.5. The molecule has 4 aromatic carbocycles. The van der Waals surface area contributed by atoms with Gasteiger partial charge in [-0.05, 0) is 235 Å². The summed E-state index contributed by atoms with van der Waals surface area (Å²) in [5.41, 5.74) is 96.9. The second kappa shape index (κ2) is 41.5. The van der Waals surface area contributed by atoms with Crippen LogP contribution >= 0.6 is 0 Å². The first kappa shape index (κ1) is 83.8. The van der Waals surface area contributed by atoms with Crippen molar-refractivity contribution < 1.29 is 47.9 Å². The number of hydrogen-bond donors (Lipinski definition) is 0. The number of imide groups is 4. The van der Waals surface area contributed by atoms with E-state index in [1.807, 2.05) is 104 Å². The molecule has 0 N–H and O–H groups in total. The highest BCUT2D eigenvalue weighted by Crippen LogP contribution is 2.41. The van der Waals surface area contributed by atoms with Crippen LogP contribution in [0.4, 0.5) is 22.7 Å². The molecular formula is C98H70N6O10. The first-order chi connectivity index (χ1) is 55.2.